The van der Waals surface area contributed by atoms with E-state index in [1.165, 1.54) is 0 Å². The largest absolute Gasteiger partial charge is 0.513 e. The number of aliphatic hydroxyl groups is 1. The highest BCUT2D eigenvalue weighted by atomic mass is 32.1. The molecule has 1 heterocycles. The van der Waals surface area contributed by atoms with Crippen LogP contribution >= 0.6 is 11.3 Å². The number of ether oxygens (including phenoxy) is 1. The van der Waals surface area contributed by atoms with Crippen LogP contribution in [-0.2, 0) is 0 Å². The molecule has 0 saturated carbocycles. The second-order valence-electron chi connectivity index (χ2n) is 3.40. The quantitative estimate of drug-likeness (QED) is 0.826. The average Bonchev–Trinajstić information content (AvgIpc) is 2.58. The predicted molar refractivity (Wildman–Crippen MR) is 67.1 cm³/mol. The highest BCUT2D eigenvalue weighted by molar-refractivity contribution is 7.19. The van der Waals surface area contributed by atoms with Crippen LogP contribution in [0.1, 0.15) is 18.9 Å². The first kappa shape index (κ1) is 11.0. The number of fused-ring (bicyclic) bond motifs is 1. The molecule has 0 saturated heterocycles. The number of nitrogens with zero attached hydrogens (tertiary/aromatic N) is 1. The van der Waals surface area contributed by atoms with Gasteiger partial charge in [-0.3, -0.25) is 0 Å². The first-order chi connectivity index (χ1) is 7.69. The number of allylic oxidation sites excluding steroid dienone is 1. The molecule has 0 atom stereocenters. The molecule has 4 heteroatoms. The van der Waals surface area contributed by atoms with Gasteiger partial charge in [0.05, 0.1) is 22.6 Å². The molecule has 0 aliphatic rings. The molecular formula is C12H13NO2S. The summed E-state index contributed by atoms with van der Waals surface area (Å²) >= 11 is 1.55. The Morgan fingerprint density at radius 3 is 3.06 bits per heavy atom. The van der Waals surface area contributed by atoms with E-state index >= 15 is 0 Å². The van der Waals surface area contributed by atoms with Crippen molar-refractivity contribution in [3.05, 3.63) is 29.0 Å². The van der Waals surface area contributed by atoms with E-state index in [9.17, 15) is 5.11 Å². The van der Waals surface area contributed by atoms with Crippen LogP contribution in [0, 0.1) is 0 Å². The number of rotatable bonds is 3. The van der Waals surface area contributed by atoms with Crippen LogP contribution in [0.2, 0.25) is 0 Å². The van der Waals surface area contributed by atoms with Gasteiger partial charge >= 0.3 is 0 Å². The summed E-state index contributed by atoms with van der Waals surface area (Å²) in [6, 6.07) is 5.84. The molecule has 3 nitrogen and oxygen atoms in total. The number of hydrogen-bond donors (Lipinski definition) is 1. The van der Waals surface area contributed by atoms with Crippen molar-refractivity contribution in [2.24, 2.45) is 0 Å². The molecule has 0 unspecified atom stereocenters. The summed E-state index contributed by atoms with van der Waals surface area (Å²) in [5.41, 5.74) is 0.906. The third kappa shape index (κ3) is 2.33. The van der Waals surface area contributed by atoms with Gasteiger partial charge in [0.15, 0.2) is 0 Å². The lowest BCUT2D eigenvalue weighted by molar-refractivity contribution is 0.340. The molecule has 0 fully saturated rings. The fourth-order valence-corrected chi connectivity index (χ4v) is 2.37. The Balaban J connectivity index is 2.42. The van der Waals surface area contributed by atoms with Gasteiger partial charge in [0, 0.05) is 12.1 Å². The lowest BCUT2D eigenvalue weighted by atomic mass is 10.3. The van der Waals surface area contributed by atoms with E-state index in [4.69, 9.17) is 4.74 Å². The lowest BCUT2D eigenvalue weighted by Gasteiger charge is -2.00. The van der Waals surface area contributed by atoms with Gasteiger partial charge in [-0.15, -0.1) is 11.3 Å². The Morgan fingerprint density at radius 1 is 1.56 bits per heavy atom. The molecular weight excluding hydrogens is 222 g/mol. The fourth-order valence-electron chi connectivity index (χ4n) is 1.42. The normalized spacial score (nSPS) is 12.0. The maximum Gasteiger partial charge on any atom is 0.121 e. The number of thiazole rings is 1. The zero-order valence-corrected chi connectivity index (χ0v) is 10.0. The van der Waals surface area contributed by atoms with Crippen molar-refractivity contribution < 1.29 is 9.84 Å². The second-order valence-corrected chi connectivity index (χ2v) is 4.46. The van der Waals surface area contributed by atoms with Gasteiger partial charge in [0.1, 0.15) is 10.8 Å². The Bertz CT molecular complexity index is 527. The van der Waals surface area contributed by atoms with Gasteiger partial charge in [0.2, 0.25) is 0 Å². The summed E-state index contributed by atoms with van der Waals surface area (Å²) in [4.78, 5) is 4.40. The number of aromatic nitrogens is 1. The summed E-state index contributed by atoms with van der Waals surface area (Å²) in [6.07, 6.45) is 1.66. The van der Waals surface area contributed by atoms with E-state index in [2.05, 4.69) is 4.98 Å². The van der Waals surface area contributed by atoms with E-state index in [0.29, 0.717) is 6.61 Å². The second kappa shape index (κ2) is 4.53. The molecule has 0 aliphatic heterocycles. The summed E-state index contributed by atoms with van der Waals surface area (Å²) < 4.78 is 6.50. The van der Waals surface area contributed by atoms with Gasteiger partial charge in [-0.25, -0.2) is 4.98 Å². The van der Waals surface area contributed by atoms with Gasteiger partial charge in [-0.2, -0.15) is 0 Å². The summed E-state index contributed by atoms with van der Waals surface area (Å²) in [6.45, 7) is 4.24. The van der Waals surface area contributed by atoms with Crippen molar-refractivity contribution in [1.82, 2.24) is 4.98 Å². The van der Waals surface area contributed by atoms with Crippen LogP contribution in [0.15, 0.2) is 24.0 Å². The van der Waals surface area contributed by atoms with E-state index < -0.39 is 0 Å². The predicted octanol–water partition coefficient (Wildman–Crippen LogP) is 3.61. The van der Waals surface area contributed by atoms with Gasteiger partial charge in [0.25, 0.3) is 0 Å². The molecule has 2 rings (SSSR count). The molecule has 0 radical (unpaired) electrons. The first-order valence-electron chi connectivity index (χ1n) is 5.09. The molecule has 1 aromatic carbocycles. The highest BCUT2D eigenvalue weighted by Crippen LogP contribution is 2.27. The van der Waals surface area contributed by atoms with Crippen LogP contribution in [0.3, 0.4) is 0 Å². The summed E-state index contributed by atoms with van der Waals surface area (Å²) in [5.74, 6) is 1.10. The minimum atomic E-state index is 0.268. The van der Waals surface area contributed by atoms with Gasteiger partial charge in [-0.05, 0) is 26.0 Å². The number of aliphatic hydroxyl groups excluding tert-OH is 1. The molecule has 0 spiro atoms. The third-order valence-electron chi connectivity index (χ3n) is 2.02. The van der Waals surface area contributed by atoms with Gasteiger partial charge in [-0.1, -0.05) is 0 Å². The average molecular weight is 235 g/mol. The molecule has 84 valence electrons. The van der Waals surface area contributed by atoms with Crippen LogP contribution in [0.5, 0.6) is 5.75 Å². The minimum Gasteiger partial charge on any atom is -0.513 e. The van der Waals surface area contributed by atoms with E-state index in [1.54, 1.807) is 24.3 Å². The van der Waals surface area contributed by atoms with Crippen molar-refractivity contribution in [3.63, 3.8) is 0 Å². The Morgan fingerprint density at radius 2 is 2.38 bits per heavy atom. The lowest BCUT2D eigenvalue weighted by Crippen LogP contribution is -1.90. The molecule has 0 bridgehead atoms. The van der Waals surface area contributed by atoms with Crippen molar-refractivity contribution in [3.8, 4) is 5.75 Å². The summed E-state index contributed by atoms with van der Waals surface area (Å²) in [7, 11) is 0. The molecule has 0 aliphatic carbocycles. The molecule has 0 amide bonds. The zero-order chi connectivity index (χ0) is 11.5. The Kier molecular flexibility index (Phi) is 3.10. The van der Waals surface area contributed by atoms with E-state index in [0.717, 1.165) is 21.0 Å². The first-order valence-corrected chi connectivity index (χ1v) is 5.91. The maximum atomic E-state index is 9.17. The maximum absolute atomic E-state index is 9.17. The topological polar surface area (TPSA) is 42.4 Å². The van der Waals surface area contributed by atoms with Crippen molar-refractivity contribution >= 4 is 27.6 Å². The van der Waals surface area contributed by atoms with Crippen LogP contribution < -0.4 is 4.74 Å². The van der Waals surface area contributed by atoms with Crippen molar-refractivity contribution in [2.45, 2.75) is 13.8 Å². The Hall–Kier alpha value is -1.55. The minimum absolute atomic E-state index is 0.268. The van der Waals surface area contributed by atoms with Crippen molar-refractivity contribution in [2.75, 3.05) is 6.61 Å². The molecule has 16 heavy (non-hydrogen) atoms. The smallest absolute Gasteiger partial charge is 0.121 e. The van der Waals surface area contributed by atoms with Gasteiger partial charge < -0.3 is 9.84 Å². The van der Waals surface area contributed by atoms with Crippen LogP contribution in [-0.4, -0.2) is 16.7 Å². The fraction of sp³-hybridized carbons (Fsp3) is 0.250. The van der Waals surface area contributed by atoms with Crippen LogP contribution in [0.25, 0.3) is 16.3 Å². The summed E-state index contributed by atoms with van der Waals surface area (Å²) in [5, 5.41) is 9.98. The zero-order valence-electron chi connectivity index (χ0n) is 9.23. The molecule has 1 aromatic heterocycles. The monoisotopic (exact) mass is 235 g/mol. The van der Waals surface area contributed by atoms with E-state index in [-0.39, 0.29) is 5.76 Å². The van der Waals surface area contributed by atoms with E-state index in [1.807, 2.05) is 25.1 Å². The van der Waals surface area contributed by atoms with Crippen molar-refractivity contribution in [1.29, 1.82) is 0 Å². The number of benzene rings is 1. The standard InChI is InChI=1S/C12H13NO2S/c1-3-15-9-4-5-11-10(7-9)13-12(16-11)6-8(2)14/h4-7,14H,3H2,1-2H3. The molecule has 2 aromatic rings. The number of hydrogen-bond acceptors (Lipinski definition) is 4. The third-order valence-corrected chi connectivity index (χ3v) is 3.00. The molecule has 1 N–H and O–H groups in total. The highest BCUT2D eigenvalue weighted by Gasteiger charge is 2.03. The Labute approximate surface area is 98.0 Å². The van der Waals surface area contributed by atoms with Crippen LogP contribution in [0.4, 0.5) is 0 Å². The SMILES string of the molecule is CCOc1ccc2sc(C=C(C)O)nc2c1.